The van der Waals surface area contributed by atoms with Crippen LogP contribution in [0, 0.1) is 13.8 Å². The molecule has 0 saturated heterocycles. The van der Waals surface area contributed by atoms with Crippen molar-refractivity contribution in [2.45, 2.75) is 38.5 Å². The lowest BCUT2D eigenvalue weighted by Gasteiger charge is -2.24. The highest BCUT2D eigenvalue weighted by Gasteiger charge is 2.20. The van der Waals surface area contributed by atoms with Crippen LogP contribution < -0.4 is 19.1 Å². The Bertz CT molecular complexity index is 1470. The number of hydrogen-bond donors (Lipinski definition) is 2. The summed E-state index contributed by atoms with van der Waals surface area (Å²) < 4.78 is 59.4. The van der Waals surface area contributed by atoms with E-state index in [0.717, 1.165) is 17.4 Å². The van der Waals surface area contributed by atoms with Crippen molar-refractivity contribution in [1.29, 1.82) is 0 Å². The van der Waals surface area contributed by atoms with E-state index in [0.29, 0.717) is 35.8 Å². The molecule has 2 N–H and O–H groups in total. The van der Waals surface area contributed by atoms with E-state index in [-0.39, 0.29) is 23.8 Å². The third-order valence-corrected chi connectivity index (χ3v) is 8.24. The van der Waals surface area contributed by atoms with E-state index in [1.54, 1.807) is 24.3 Å². The van der Waals surface area contributed by atoms with Crippen LogP contribution in [0.2, 0.25) is 0 Å². The molecular weight excluding hydrogens is 526 g/mol. The quantitative estimate of drug-likeness (QED) is 0.332. The van der Waals surface area contributed by atoms with E-state index in [1.807, 2.05) is 39.0 Å². The van der Waals surface area contributed by atoms with Crippen molar-refractivity contribution in [1.82, 2.24) is 0 Å². The second-order valence-corrected chi connectivity index (χ2v) is 12.5. The number of carbonyl (C=O) groups excluding carboxylic acids is 1. The predicted molar refractivity (Wildman–Crippen MR) is 151 cm³/mol. The molecule has 0 aliphatic rings. The largest absolute Gasteiger partial charge is 0.494 e. The molecule has 0 fully saturated rings. The van der Waals surface area contributed by atoms with Crippen LogP contribution in [-0.4, -0.2) is 42.2 Å². The van der Waals surface area contributed by atoms with Gasteiger partial charge in [0.2, 0.25) is 15.9 Å². The van der Waals surface area contributed by atoms with Crippen molar-refractivity contribution in [3.05, 3.63) is 77.9 Å². The van der Waals surface area contributed by atoms with E-state index in [4.69, 9.17) is 4.74 Å². The van der Waals surface area contributed by atoms with E-state index in [2.05, 4.69) is 10.0 Å². The minimum absolute atomic E-state index is 0.0432. The van der Waals surface area contributed by atoms with Gasteiger partial charge in [-0.25, -0.2) is 16.8 Å². The summed E-state index contributed by atoms with van der Waals surface area (Å²) in [6, 6.07) is 18.0. The third-order valence-electron chi connectivity index (χ3n) is 5.66. The number of aryl methyl sites for hydroxylation is 2. The molecule has 0 atom stereocenters. The molecule has 0 unspecified atom stereocenters. The Kier molecular flexibility index (Phi) is 9.40. The number of ether oxygens (including phenoxy) is 1. The summed E-state index contributed by atoms with van der Waals surface area (Å²) in [5.41, 5.74) is 3.21. The molecule has 0 aliphatic carbocycles. The number of amides is 1. The highest BCUT2D eigenvalue weighted by molar-refractivity contribution is 7.92. The van der Waals surface area contributed by atoms with Crippen molar-refractivity contribution in [2.75, 3.05) is 33.8 Å². The lowest BCUT2D eigenvalue weighted by Crippen LogP contribution is -2.32. The molecule has 0 bridgehead atoms. The van der Waals surface area contributed by atoms with Crippen molar-refractivity contribution >= 4 is 43.0 Å². The van der Waals surface area contributed by atoms with Gasteiger partial charge in [-0.05, 0) is 92.9 Å². The first-order chi connectivity index (χ1) is 17.9. The topological polar surface area (TPSA) is 122 Å². The third kappa shape index (κ3) is 7.96. The van der Waals surface area contributed by atoms with Gasteiger partial charge in [-0.1, -0.05) is 12.1 Å². The molecule has 0 spiro atoms. The van der Waals surface area contributed by atoms with Crippen molar-refractivity contribution in [3.63, 3.8) is 0 Å². The highest BCUT2D eigenvalue weighted by Crippen LogP contribution is 2.25. The number of nitrogens with one attached hydrogen (secondary N) is 2. The first kappa shape index (κ1) is 29.0. The standard InChI is InChI=1S/C27H33N3O6S2/c1-5-36-24-14-10-23(11-15-24)29-38(34,35)25-16-12-22(13-17-25)28-27(31)7-6-18-30(37(4,32)33)26-19-20(2)8-9-21(26)3/h8-17,19,29H,5-7,18H2,1-4H3,(H,28,31). The predicted octanol–water partition coefficient (Wildman–Crippen LogP) is 4.69. The molecule has 204 valence electrons. The molecule has 0 aromatic heterocycles. The van der Waals surface area contributed by atoms with E-state index < -0.39 is 20.0 Å². The zero-order valence-corrected chi connectivity index (χ0v) is 23.5. The maximum atomic E-state index is 12.7. The Morgan fingerprint density at radius 2 is 1.53 bits per heavy atom. The summed E-state index contributed by atoms with van der Waals surface area (Å²) in [4.78, 5) is 12.5. The SMILES string of the molecule is CCOc1ccc(NS(=O)(=O)c2ccc(NC(=O)CCCN(c3cc(C)ccc3C)S(C)(=O)=O)cc2)cc1. The molecule has 3 aromatic carbocycles. The Balaban J connectivity index is 1.57. The Morgan fingerprint density at radius 1 is 0.895 bits per heavy atom. The van der Waals surface area contributed by atoms with E-state index >= 15 is 0 Å². The molecule has 0 heterocycles. The minimum atomic E-state index is -3.82. The number of benzene rings is 3. The normalized spacial score (nSPS) is 11.6. The van der Waals surface area contributed by atoms with Gasteiger partial charge in [-0.15, -0.1) is 0 Å². The van der Waals surface area contributed by atoms with Crippen molar-refractivity contribution < 1.29 is 26.4 Å². The fourth-order valence-corrected chi connectivity index (χ4v) is 5.85. The maximum absolute atomic E-state index is 12.7. The molecular formula is C27H33N3O6S2. The summed E-state index contributed by atoms with van der Waals surface area (Å²) in [7, 11) is -7.35. The zero-order chi connectivity index (χ0) is 27.9. The van der Waals surface area contributed by atoms with Crippen LogP contribution in [0.4, 0.5) is 17.1 Å². The van der Waals surface area contributed by atoms with Crippen LogP contribution in [0.25, 0.3) is 0 Å². The summed E-state index contributed by atoms with van der Waals surface area (Å²) in [5.74, 6) is 0.340. The highest BCUT2D eigenvalue weighted by atomic mass is 32.2. The molecule has 11 heteroatoms. The number of carbonyl (C=O) groups is 1. The van der Waals surface area contributed by atoms with Crippen molar-refractivity contribution in [2.24, 2.45) is 0 Å². The zero-order valence-electron chi connectivity index (χ0n) is 21.9. The second kappa shape index (κ2) is 12.3. The van der Waals surface area contributed by atoms with E-state index in [9.17, 15) is 21.6 Å². The molecule has 0 radical (unpaired) electrons. The Morgan fingerprint density at radius 3 is 2.13 bits per heavy atom. The van der Waals surface area contributed by atoms with Crippen LogP contribution in [0.1, 0.15) is 30.9 Å². The molecule has 1 amide bonds. The number of nitrogens with zero attached hydrogens (tertiary/aromatic N) is 1. The molecule has 0 saturated carbocycles. The van der Waals surface area contributed by atoms with Crippen LogP contribution in [0.15, 0.2) is 71.6 Å². The van der Waals surface area contributed by atoms with Gasteiger partial charge in [-0.2, -0.15) is 0 Å². The van der Waals surface area contributed by atoms with Crippen LogP contribution in [-0.2, 0) is 24.8 Å². The van der Waals surface area contributed by atoms with Gasteiger partial charge in [0, 0.05) is 24.3 Å². The van der Waals surface area contributed by atoms with Gasteiger partial charge in [0.25, 0.3) is 10.0 Å². The summed E-state index contributed by atoms with van der Waals surface area (Å²) in [5, 5.41) is 2.73. The van der Waals surface area contributed by atoms with Crippen LogP contribution in [0.5, 0.6) is 5.75 Å². The fraction of sp³-hybridized carbons (Fsp3) is 0.296. The van der Waals surface area contributed by atoms with Gasteiger partial charge >= 0.3 is 0 Å². The average Bonchev–Trinajstić information content (AvgIpc) is 2.84. The lowest BCUT2D eigenvalue weighted by molar-refractivity contribution is -0.116. The first-order valence-electron chi connectivity index (χ1n) is 12.1. The molecule has 3 aromatic rings. The number of rotatable bonds is 12. The van der Waals surface area contributed by atoms with Crippen molar-refractivity contribution in [3.8, 4) is 5.75 Å². The van der Waals surface area contributed by atoms with Crippen LogP contribution >= 0.6 is 0 Å². The Hall–Kier alpha value is -3.57. The van der Waals surface area contributed by atoms with E-state index in [1.165, 1.54) is 28.6 Å². The van der Waals surface area contributed by atoms with Gasteiger partial charge in [-0.3, -0.25) is 13.8 Å². The summed E-state index contributed by atoms with van der Waals surface area (Å²) >= 11 is 0. The lowest BCUT2D eigenvalue weighted by atomic mass is 10.1. The van der Waals surface area contributed by atoms with Gasteiger partial charge in [0.1, 0.15) is 5.75 Å². The van der Waals surface area contributed by atoms with Gasteiger partial charge in [0.15, 0.2) is 0 Å². The summed E-state index contributed by atoms with van der Waals surface area (Å²) in [6.07, 6.45) is 1.55. The van der Waals surface area contributed by atoms with Crippen LogP contribution in [0.3, 0.4) is 0 Å². The Labute approximate surface area is 224 Å². The molecule has 3 rings (SSSR count). The number of sulfonamides is 2. The molecule has 38 heavy (non-hydrogen) atoms. The monoisotopic (exact) mass is 559 g/mol. The summed E-state index contributed by atoms with van der Waals surface area (Å²) in [6.45, 7) is 6.27. The molecule has 0 aliphatic heterocycles. The number of anilines is 3. The smallest absolute Gasteiger partial charge is 0.261 e. The number of hydrogen-bond acceptors (Lipinski definition) is 6. The van der Waals surface area contributed by atoms with Gasteiger partial charge < -0.3 is 10.1 Å². The average molecular weight is 560 g/mol. The fourth-order valence-electron chi connectivity index (χ4n) is 3.78. The first-order valence-corrected chi connectivity index (χ1v) is 15.4. The van der Waals surface area contributed by atoms with Gasteiger partial charge in [0.05, 0.1) is 23.4 Å². The minimum Gasteiger partial charge on any atom is -0.494 e. The second-order valence-electron chi connectivity index (χ2n) is 8.86. The maximum Gasteiger partial charge on any atom is 0.261 e. The molecule has 9 nitrogen and oxygen atoms in total.